The predicted molar refractivity (Wildman–Crippen MR) is 117 cm³/mol. The van der Waals surface area contributed by atoms with Crippen molar-refractivity contribution in [3.63, 3.8) is 0 Å². The van der Waals surface area contributed by atoms with Crippen LogP contribution in [0.15, 0.2) is 47.5 Å². The summed E-state index contributed by atoms with van der Waals surface area (Å²) < 4.78 is 43.6. The van der Waals surface area contributed by atoms with Crippen molar-refractivity contribution in [2.75, 3.05) is 23.0 Å². The van der Waals surface area contributed by atoms with E-state index in [1.54, 1.807) is 35.2 Å². The van der Waals surface area contributed by atoms with Crippen molar-refractivity contribution in [2.45, 2.75) is 11.3 Å². The van der Waals surface area contributed by atoms with E-state index in [1.807, 2.05) is 0 Å². The minimum atomic E-state index is -3.22. The Morgan fingerprint density at radius 2 is 1.93 bits per heavy atom. The summed E-state index contributed by atoms with van der Waals surface area (Å²) in [5.41, 5.74) is 0.388. The number of hydrogen-bond acceptors (Lipinski definition) is 5. The monoisotopic (exact) mass is 488 g/mol. The third kappa shape index (κ3) is 4.59. The van der Waals surface area contributed by atoms with Gasteiger partial charge in [0.05, 0.1) is 22.6 Å². The van der Waals surface area contributed by atoms with Crippen LogP contribution in [0.25, 0.3) is 0 Å². The van der Waals surface area contributed by atoms with E-state index < -0.39 is 27.6 Å². The van der Waals surface area contributed by atoms with E-state index in [1.165, 1.54) is 23.9 Å². The summed E-state index contributed by atoms with van der Waals surface area (Å²) in [7, 11) is -3.22. The van der Waals surface area contributed by atoms with Crippen molar-refractivity contribution in [1.82, 2.24) is 0 Å². The fraction of sp³-hybridized carbons (Fsp3) is 0.263. The number of carbonyl (C=O) groups excluding carboxylic acids is 1. The van der Waals surface area contributed by atoms with Crippen molar-refractivity contribution in [3.05, 3.63) is 58.3 Å². The molecule has 2 aliphatic rings. The highest BCUT2D eigenvalue weighted by Crippen LogP contribution is 2.41. The Bertz CT molecular complexity index is 1130. The van der Waals surface area contributed by atoms with Gasteiger partial charge in [-0.1, -0.05) is 35.0 Å². The average molecular weight is 489 g/mol. The quantitative estimate of drug-likeness (QED) is 0.650. The lowest BCUT2D eigenvalue weighted by Gasteiger charge is -2.24. The molecule has 2 atom stereocenters. The third-order valence-corrected chi connectivity index (χ3v) is 8.41. The molecule has 2 aromatic carbocycles. The fourth-order valence-corrected chi connectivity index (χ4v) is 7.49. The second-order valence-corrected chi connectivity index (χ2v) is 11.0. The zero-order chi connectivity index (χ0) is 21.5. The second kappa shape index (κ2) is 8.37. The van der Waals surface area contributed by atoms with Crippen LogP contribution in [0.2, 0.25) is 10.0 Å². The fourth-order valence-electron chi connectivity index (χ4n) is 3.32. The van der Waals surface area contributed by atoms with Crippen LogP contribution in [0.4, 0.5) is 10.1 Å². The van der Waals surface area contributed by atoms with E-state index in [4.69, 9.17) is 27.9 Å². The number of carbonyl (C=O) groups is 1. The molecule has 0 bridgehead atoms. The molecule has 4 rings (SSSR count). The molecule has 0 spiro atoms. The molecule has 0 radical (unpaired) electrons. The van der Waals surface area contributed by atoms with E-state index in [9.17, 15) is 17.6 Å². The molecule has 0 aromatic heterocycles. The van der Waals surface area contributed by atoms with Crippen molar-refractivity contribution in [1.29, 1.82) is 0 Å². The van der Waals surface area contributed by atoms with Gasteiger partial charge in [0.2, 0.25) is 0 Å². The third-order valence-electron chi connectivity index (χ3n) is 4.64. The average Bonchev–Trinajstić information content (AvgIpc) is 3.14. The number of benzene rings is 2. The zero-order valence-electron chi connectivity index (χ0n) is 15.3. The Kier molecular flexibility index (Phi) is 5.98. The molecule has 2 aliphatic heterocycles. The lowest BCUT2D eigenvalue weighted by atomic mass is 10.2. The highest BCUT2D eigenvalue weighted by Gasteiger charge is 2.49. The van der Waals surface area contributed by atoms with Crippen LogP contribution in [0.5, 0.6) is 5.75 Å². The Morgan fingerprint density at radius 3 is 2.63 bits per heavy atom. The first-order chi connectivity index (χ1) is 14.2. The molecule has 0 aliphatic carbocycles. The molecule has 0 N–H and O–H groups in total. The van der Waals surface area contributed by atoms with Gasteiger partial charge in [0.25, 0.3) is 5.91 Å². The maximum atomic E-state index is 14.0. The van der Waals surface area contributed by atoms with Gasteiger partial charge in [-0.25, -0.2) is 12.8 Å². The Hall–Kier alpha value is -1.81. The summed E-state index contributed by atoms with van der Waals surface area (Å²) in [5.74, 6) is -0.839. The number of nitrogens with zero attached hydrogens (tertiary/aromatic N) is 2. The molecule has 1 amide bonds. The number of rotatable bonds is 4. The number of aliphatic imine (C=N–C) groups is 1. The maximum absolute atomic E-state index is 14.0. The number of amides is 1. The second-order valence-electron chi connectivity index (χ2n) is 6.80. The molecule has 6 nitrogen and oxygen atoms in total. The molecule has 30 heavy (non-hydrogen) atoms. The number of anilines is 1. The number of ether oxygens (including phenoxy) is 1. The van der Waals surface area contributed by atoms with Crippen molar-refractivity contribution in [2.24, 2.45) is 4.99 Å². The Balaban J connectivity index is 1.57. The van der Waals surface area contributed by atoms with Gasteiger partial charge < -0.3 is 9.64 Å². The maximum Gasteiger partial charge on any atom is 0.285 e. The van der Waals surface area contributed by atoms with Crippen LogP contribution < -0.4 is 9.64 Å². The highest BCUT2D eigenvalue weighted by atomic mass is 35.5. The molecule has 2 saturated heterocycles. The SMILES string of the molecule is O=C(COc1ccc(Cl)cc1)N=C1S[C@@H]2CS(=O)(=O)C[C@H]2N1c1ccc(Cl)c(F)c1. The van der Waals surface area contributed by atoms with Gasteiger partial charge in [0, 0.05) is 16.0 Å². The summed E-state index contributed by atoms with van der Waals surface area (Å²) in [5, 5.41) is 0.513. The zero-order valence-corrected chi connectivity index (χ0v) is 18.4. The molecule has 0 unspecified atom stereocenters. The first-order valence-electron chi connectivity index (χ1n) is 8.83. The van der Waals surface area contributed by atoms with Gasteiger partial charge in [-0.15, -0.1) is 0 Å². The molecular weight excluding hydrogens is 474 g/mol. The largest absolute Gasteiger partial charge is 0.484 e. The van der Waals surface area contributed by atoms with Crippen LogP contribution in [0, 0.1) is 5.82 Å². The Labute approximate surface area is 186 Å². The summed E-state index contributed by atoms with van der Waals surface area (Å²) in [6.45, 7) is -0.303. The van der Waals surface area contributed by atoms with Crippen LogP contribution in [0.3, 0.4) is 0 Å². The normalized spacial score (nSPS) is 23.6. The number of sulfone groups is 1. The summed E-state index contributed by atoms with van der Waals surface area (Å²) >= 11 is 12.8. The van der Waals surface area contributed by atoms with E-state index >= 15 is 0 Å². The van der Waals surface area contributed by atoms with E-state index in [-0.39, 0.29) is 28.4 Å². The topological polar surface area (TPSA) is 76.0 Å². The van der Waals surface area contributed by atoms with Crippen LogP contribution in [-0.4, -0.2) is 48.9 Å². The first kappa shape index (κ1) is 21.4. The van der Waals surface area contributed by atoms with Crippen molar-refractivity contribution < 1.29 is 22.3 Å². The van der Waals surface area contributed by atoms with Gasteiger partial charge in [0.1, 0.15) is 11.6 Å². The van der Waals surface area contributed by atoms with Gasteiger partial charge >= 0.3 is 0 Å². The molecular formula is C19H15Cl2FN2O4S2. The number of halogens is 3. The lowest BCUT2D eigenvalue weighted by Crippen LogP contribution is -2.38. The lowest BCUT2D eigenvalue weighted by molar-refractivity contribution is -0.119. The summed E-state index contributed by atoms with van der Waals surface area (Å²) in [6, 6.07) is 10.3. The molecule has 0 saturated carbocycles. The predicted octanol–water partition coefficient (Wildman–Crippen LogP) is 3.81. The number of fused-ring (bicyclic) bond motifs is 1. The van der Waals surface area contributed by atoms with Crippen LogP contribution in [0.1, 0.15) is 0 Å². The molecule has 2 fully saturated rings. The summed E-state index contributed by atoms with van der Waals surface area (Å²) in [6.07, 6.45) is 0. The van der Waals surface area contributed by atoms with Crippen molar-refractivity contribution in [3.8, 4) is 5.75 Å². The molecule has 158 valence electrons. The van der Waals surface area contributed by atoms with Gasteiger partial charge in [-0.3, -0.25) is 4.79 Å². The van der Waals surface area contributed by atoms with Crippen molar-refractivity contribution >= 4 is 61.6 Å². The Morgan fingerprint density at radius 1 is 1.20 bits per heavy atom. The number of hydrogen-bond donors (Lipinski definition) is 0. The van der Waals surface area contributed by atoms with Crippen LogP contribution in [-0.2, 0) is 14.6 Å². The molecule has 11 heteroatoms. The van der Waals surface area contributed by atoms with Gasteiger partial charge in [-0.05, 0) is 42.5 Å². The minimum Gasteiger partial charge on any atom is -0.484 e. The standard InChI is InChI=1S/C19H15Cl2FN2O4S2/c20-11-1-4-13(5-2-11)28-8-18(25)23-19-24(12-3-6-14(21)15(22)7-12)16-9-30(26,27)10-17(16)29-19/h1-7,16-17H,8-10H2/t16-,17-/m1/s1. The van der Waals surface area contributed by atoms with Crippen LogP contribution >= 0.6 is 35.0 Å². The number of thioether (sulfide) groups is 1. The molecule has 2 heterocycles. The highest BCUT2D eigenvalue weighted by molar-refractivity contribution is 8.16. The van der Waals surface area contributed by atoms with Gasteiger partial charge in [-0.2, -0.15) is 4.99 Å². The van der Waals surface area contributed by atoms with Gasteiger partial charge in [0.15, 0.2) is 21.6 Å². The smallest absolute Gasteiger partial charge is 0.285 e. The van der Waals surface area contributed by atoms with E-state index in [0.717, 1.165) is 0 Å². The molecule has 2 aromatic rings. The number of amidine groups is 1. The minimum absolute atomic E-state index is 0.0244. The van der Waals surface area contributed by atoms with E-state index in [0.29, 0.717) is 21.6 Å². The summed E-state index contributed by atoms with van der Waals surface area (Å²) in [4.78, 5) is 18.1. The first-order valence-corrected chi connectivity index (χ1v) is 12.3. The van der Waals surface area contributed by atoms with E-state index in [2.05, 4.69) is 4.99 Å².